The summed E-state index contributed by atoms with van der Waals surface area (Å²) >= 11 is 1.06. The van der Waals surface area contributed by atoms with E-state index in [1.165, 1.54) is 12.5 Å². The molecule has 1 amide bonds. The molecule has 1 heterocycles. The molecule has 1 aliphatic rings. The first kappa shape index (κ1) is 20.5. The molecule has 1 aliphatic carbocycles. The van der Waals surface area contributed by atoms with Crippen LogP contribution in [0.25, 0.3) is 16.6 Å². The molecule has 0 bridgehead atoms. The molecular weight excluding hydrogens is 408 g/mol. The van der Waals surface area contributed by atoms with Gasteiger partial charge in [0.15, 0.2) is 5.16 Å². The molecule has 156 valence electrons. The lowest BCUT2D eigenvalue weighted by molar-refractivity contribution is -0.119. The fraction of sp³-hybridized carbons (Fsp3) is 0.318. The van der Waals surface area contributed by atoms with E-state index in [9.17, 15) is 18.4 Å². The van der Waals surface area contributed by atoms with E-state index in [2.05, 4.69) is 10.3 Å². The van der Waals surface area contributed by atoms with Crippen molar-refractivity contribution in [3.05, 3.63) is 64.5 Å². The molecule has 8 heteroatoms. The predicted octanol–water partition coefficient (Wildman–Crippen LogP) is 4.20. The number of nitrogens with one attached hydrogen (secondary N) is 1. The van der Waals surface area contributed by atoms with Crippen molar-refractivity contribution in [1.82, 2.24) is 14.9 Å². The van der Waals surface area contributed by atoms with Crippen molar-refractivity contribution in [2.45, 2.75) is 43.3 Å². The summed E-state index contributed by atoms with van der Waals surface area (Å²) in [6.07, 6.45) is 5.34. The molecule has 0 aliphatic heterocycles. The van der Waals surface area contributed by atoms with Crippen LogP contribution in [0.4, 0.5) is 8.78 Å². The molecule has 30 heavy (non-hydrogen) atoms. The van der Waals surface area contributed by atoms with Gasteiger partial charge in [0.25, 0.3) is 5.56 Å². The van der Waals surface area contributed by atoms with Crippen molar-refractivity contribution in [2.75, 3.05) is 5.75 Å². The maximum Gasteiger partial charge on any atom is 0.266 e. The van der Waals surface area contributed by atoms with Gasteiger partial charge in [0.05, 0.1) is 22.3 Å². The third kappa shape index (κ3) is 4.38. The predicted molar refractivity (Wildman–Crippen MR) is 113 cm³/mol. The van der Waals surface area contributed by atoms with Crippen LogP contribution in [-0.2, 0) is 4.79 Å². The highest BCUT2D eigenvalue weighted by atomic mass is 32.2. The topological polar surface area (TPSA) is 64.0 Å². The number of hydrogen-bond donors (Lipinski definition) is 1. The Labute approximate surface area is 176 Å². The van der Waals surface area contributed by atoms with Crippen LogP contribution in [0.1, 0.15) is 32.1 Å². The second-order valence-electron chi connectivity index (χ2n) is 7.34. The fourth-order valence-electron chi connectivity index (χ4n) is 3.73. The molecule has 3 aromatic rings. The minimum Gasteiger partial charge on any atom is -0.353 e. The summed E-state index contributed by atoms with van der Waals surface area (Å²) in [5.74, 6) is -1.72. The highest BCUT2D eigenvalue weighted by Crippen LogP contribution is 2.24. The maximum absolute atomic E-state index is 14.5. The normalized spacial score (nSPS) is 14.7. The lowest BCUT2D eigenvalue weighted by Gasteiger charge is -2.22. The summed E-state index contributed by atoms with van der Waals surface area (Å²) in [4.78, 5) is 30.0. The van der Waals surface area contributed by atoms with Crippen LogP contribution in [0.2, 0.25) is 0 Å². The zero-order chi connectivity index (χ0) is 21.1. The summed E-state index contributed by atoms with van der Waals surface area (Å²) in [6, 6.07) is 9.93. The summed E-state index contributed by atoms with van der Waals surface area (Å²) in [7, 11) is 0. The Morgan fingerprint density at radius 3 is 2.67 bits per heavy atom. The van der Waals surface area contributed by atoms with Gasteiger partial charge >= 0.3 is 0 Å². The van der Waals surface area contributed by atoms with Gasteiger partial charge in [0, 0.05) is 12.1 Å². The van der Waals surface area contributed by atoms with E-state index in [4.69, 9.17) is 0 Å². The third-order valence-corrected chi connectivity index (χ3v) is 6.14. The fourth-order valence-corrected chi connectivity index (χ4v) is 4.55. The molecule has 2 aromatic carbocycles. The van der Waals surface area contributed by atoms with Gasteiger partial charge in [-0.05, 0) is 37.1 Å². The largest absolute Gasteiger partial charge is 0.353 e. The van der Waals surface area contributed by atoms with E-state index < -0.39 is 17.2 Å². The minimum absolute atomic E-state index is 0.0457. The molecule has 1 N–H and O–H groups in total. The van der Waals surface area contributed by atoms with Crippen LogP contribution in [0.5, 0.6) is 0 Å². The summed E-state index contributed by atoms with van der Waals surface area (Å²) < 4.78 is 29.0. The van der Waals surface area contributed by atoms with Crippen molar-refractivity contribution in [3.8, 4) is 5.69 Å². The highest BCUT2D eigenvalue weighted by molar-refractivity contribution is 7.99. The van der Waals surface area contributed by atoms with Gasteiger partial charge in [-0.25, -0.2) is 13.8 Å². The van der Waals surface area contributed by atoms with Crippen molar-refractivity contribution < 1.29 is 13.6 Å². The van der Waals surface area contributed by atoms with Crippen LogP contribution < -0.4 is 10.9 Å². The molecule has 1 fully saturated rings. The van der Waals surface area contributed by atoms with Crippen molar-refractivity contribution >= 4 is 28.6 Å². The number of aromatic nitrogens is 2. The zero-order valence-electron chi connectivity index (χ0n) is 16.2. The number of hydrogen-bond acceptors (Lipinski definition) is 4. The second-order valence-corrected chi connectivity index (χ2v) is 8.28. The third-order valence-electron chi connectivity index (χ3n) is 5.20. The number of para-hydroxylation sites is 1. The van der Waals surface area contributed by atoms with E-state index in [0.29, 0.717) is 10.9 Å². The Balaban J connectivity index is 1.67. The van der Waals surface area contributed by atoms with Crippen LogP contribution in [0.15, 0.2) is 52.4 Å². The van der Waals surface area contributed by atoms with Crippen LogP contribution >= 0.6 is 11.8 Å². The van der Waals surface area contributed by atoms with Gasteiger partial charge in [-0.2, -0.15) is 0 Å². The molecule has 0 atom stereocenters. The van der Waals surface area contributed by atoms with Crippen LogP contribution in [0, 0.1) is 11.6 Å². The number of halogens is 2. The number of nitrogens with zero attached hydrogens (tertiary/aromatic N) is 2. The molecule has 0 spiro atoms. The van der Waals surface area contributed by atoms with Crippen molar-refractivity contribution in [3.63, 3.8) is 0 Å². The Kier molecular flexibility index (Phi) is 6.13. The summed E-state index contributed by atoms with van der Waals surface area (Å²) in [5, 5.41) is 3.52. The summed E-state index contributed by atoms with van der Waals surface area (Å²) in [5.41, 5.74) is -0.118. The van der Waals surface area contributed by atoms with Gasteiger partial charge < -0.3 is 5.32 Å². The number of carbonyl (C=O) groups excluding carboxylic acids is 1. The lowest BCUT2D eigenvalue weighted by atomic mass is 9.95. The minimum atomic E-state index is -0.873. The van der Waals surface area contributed by atoms with Crippen molar-refractivity contribution in [1.29, 1.82) is 0 Å². The van der Waals surface area contributed by atoms with E-state index in [1.807, 2.05) is 0 Å². The van der Waals surface area contributed by atoms with E-state index >= 15 is 0 Å². The highest BCUT2D eigenvalue weighted by Gasteiger charge is 2.19. The van der Waals surface area contributed by atoms with E-state index in [-0.39, 0.29) is 28.5 Å². The number of thioether (sulfide) groups is 1. The average molecular weight is 429 g/mol. The molecule has 0 unspecified atom stereocenters. The average Bonchev–Trinajstić information content (AvgIpc) is 2.74. The van der Waals surface area contributed by atoms with E-state index in [0.717, 1.165) is 54.1 Å². The van der Waals surface area contributed by atoms with Crippen molar-refractivity contribution in [2.24, 2.45) is 0 Å². The van der Waals surface area contributed by atoms with Gasteiger partial charge in [-0.15, -0.1) is 0 Å². The first-order chi connectivity index (χ1) is 14.5. The quantitative estimate of drug-likeness (QED) is 0.488. The first-order valence-electron chi connectivity index (χ1n) is 9.92. The molecule has 0 radical (unpaired) electrons. The molecule has 0 saturated heterocycles. The number of benzene rings is 2. The lowest BCUT2D eigenvalue weighted by Crippen LogP contribution is -2.37. The Bertz CT molecular complexity index is 1140. The Morgan fingerprint density at radius 1 is 1.13 bits per heavy atom. The summed E-state index contributed by atoms with van der Waals surface area (Å²) in [6.45, 7) is 0. The Morgan fingerprint density at radius 2 is 1.90 bits per heavy atom. The zero-order valence-corrected chi connectivity index (χ0v) is 17.1. The van der Waals surface area contributed by atoms with Crippen LogP contribution in [0.3, 0.4) is 0 Å². The standard InChI is InChI=1S/C22H21F2N3O2S/c23-14-10-11-19(17(24)12-14)27-21(29)16-8-4-5-9-18(16)26-22(27)30-13-20(28)25-15-6-2-1-3-7-15/h4-5,8-12,15H,1-3,6-7,13H2,(H,25,28). The number of fused-ring (bicyclic) bond motifs is 1. The van der Waals surface area contributed by atoms with Gasteiger partial charge in [0.2, 0.25) is 5.91 Å². The number of rotatable bonds is 5. The number of carbonyl (C=O) groups is 1. The monoisotopic (exact) mass is 429 g/mol. The van der Waals surface area contributed by atoms with Crippen LogP contribution in [-0.4, -0.2) is 27.3 Å². The smallest absolute Gasteiger partial charge is 0.266 e. The molecule has 1 aromatic heterocycles. The first-order valence-corrected chi connectivity index (χ1v) is 10.9. The molecular formula is C22H21F2N3O2S. The molecule has 5 nitrogen and oxygen atoms in total. The van der Waals surface area contributed by atoms with Gasteiger partial charge in [-0.1, -0.05) is 43.2 Å². The van der Waals surface area contributed by atoms with E-state index in [1.54, 1.807) is 24.3 Å². The molecule has 4 rings (SSSR count). The second kappa shape index (κ2) is 8.95. The van der Waals surface area contributed by atoms with Gasteiger partial charge in [0.1, 0.15) is 11.6 Å². The number of amides is 1. The maximum atomic E-state index is 14.5. The SMILES string of the molecule is O=C(CSc1nc2ccccc2c(=O)n1-c1ccc(F)cc1F)NC1CCCCC1. The molecule has 1 saturated carbocycles. The Hall–Kier alpha value is -2.74. The van der Waals surface area contributed by atoms with Gasteiger partial charge in [-0.3, -0.25) is 14.2 Å².